The van der Waals surface area contributed by atoms with E-state index in [-0.39, 0.29) is 12.0 Å². The molecule has 0 saturated heterocycles. The molecule has 0 aliphatic heterocycles. The largest absolute Gasteiger partial charge is 0.381 e. The van der Waals surface area contributed by atoms with Crippen LogP contribution in [0.4, 0.5) is 5.95 Å². The van der Waals surface area contributed by atoms with Gasteiger partial charge in [0.1, 0.15) is 11.8 Å². The second-order valence-corrected chi connectivity index (χ2v) is 5.88. The molecule has 0 aliphatic rings. The fourth-order valence-electron chi connectivity index (χ4n) is 2.55. The van der Waals surface area contributed by atoms with Gasteiger partial charge in [-0.2, -0.15) is 0 Å². The third kappa shape index (κ3) is 3.07. The number of rotatable bonds is 2. The molecule has 0 spiro atoms. The molecular weight excluding hydrogens is 302 g/mol. The molecule has 3 aromatic rings. The highest BCUT2D eigenvalue weighted by molar-refractivity contribution is 5.95. The molecule has 1 atom stereocenters. The zero-order valence-electron chi connectivity index (χ0n) is 13.9. The SMILES string of the molecule is CC(O)C#Cc1cc2c(-c3ccnc(N)n3)cn(C(C)C)c2cn1. The van der Waals surface area contributed by atoms with Crippen LogP contribution in [-0.4, -0.2) is 30.7 Å². The van der Waals surface area contributed by atoms with Crippen molar-refractivity contribution >= 4 is 16.9 Å². The van der Waals surface area contributed by atoms with Gasteiger partial charge in [-0.1, -0.05) is 5.92 Å². The van der Waals surface area contributed by atoms with Crippen LogP contribution in [0.25, 0.3) is 22.2 Å². The molecule has 0 amide bonds. The minimum atomic E-state index is -0.691. The first kappa shape index (κ1) is 16.0. The summed E-state index contributed by atoms with van der Waals surface area (Å²) in [5, 5.41) is 10.3. The predicted octanol–water partition coefficient (Wildman–Crippen LogP) is 2.39. The van der Waals surface area contributed by atoms with Gasteiger partial charge in [-0.15, -0.1) is 0 Å². The summed E-state index contributed by atoms with van der Waals surface area (Å²) in [5.74, 6) is 5.84. The lowest BCUT2D eigenvalue weighted by molar-refractivity contribution is 0.253. The summed E-state index contributed by atoms with van der Waals surface area (Å²) in [5.41, 5.74) is 9.04. The van der Waals surface area contributed by atoms with Gasteiger partial charge in [-0.05, 0) is 38.8 Å². The summed E-state index contributed by atoms with van der Waals surface area (Å²) >= 11 is 0. The highest BCUT2D eigenvalue weighted by Crippen LogP contribution is 2.31. The van der Waals surface area contributed by atoms with E-state index in [2.05, 4.69) is 45.2 Å². The van der Waals surface area contributed by atoms with Crippen molar-refractivity contribution in [3.8, 4) is 23.1 Å². The molecule has 6 nitrogen and oxygen atoms in total. The average molecular weight is 321 g/mol. The molecule has 3 heterocycles. The summed E-state index contributed by atoms with van der Waals surface area (Å²) in [4.78, 5) is 12.7. The van der Waals surface area contributed by atoms with E-state index >= 15 is 0 Å². The minimum Gasteiger partial charge on any atom is -0.381 e. The van der Waals surface area contributed by atoms with Crippen molar-refractivity contribution in [1.29, 1.82) is 0 Å². The van der Waals surface area contributed by atoms with Crippen molar-refractivity contribution in [2.75, 3.05) is 5.73 Å². The fourth-order valence-corrected chi connectivity index (χ4v) is 2.55. The topological polar surface area (TPSA) is 89.9 Å². The fraction of sp³-hybridized carbons (Fsp3) is 0.278. The smallest absolute Gasteiger partial charge is 0.220 e. The van der Waals surface area contributed by atoms with Crippen LogP contribution in [0.2, 0.25) is 0 Å². The molecule has 6 heteroatoms. The van der Waals surface area contributed by atoms with Crippen LogP contribution in [0.1, 0.15) is 32.5 Å². The van der Waals surface area contributed by atoms with E-state index in [1.54, 1.807) is 19.3 Å². The number of nitrogens with two attached hydrogens (primary N) is 1. The minimum absolute atomic E-state index is 0.237. The lowest BCUT2D eigenvalue weighted by Crippen LogP contribution is -1.98. The molecule has 0 radical (unpaired) electrons. The van der Waals surface area contributed by atoms with Crippen molar-refractivity contribution in [3.05, 3.63) is 36.4 Å². The van der Waals surface area contributed by atoms with Crippen molar-refractivity contribution in [2.24, 2.45) is 0 Å². The van der Waals surface area contributed by atoms with Crippen LogP contribution in [0.3, 0.4) is 0 Å². The van der Waals surface area contributed by atoms with Gasteiger partial charge in [0.2, 0.25) is 5.95 Å². The van der Waals surface area contributed by atoms with Crippen LogP contribution >= 0.6 is 0 Å². The highest BCUT2D eigenvalue weighted by atomic mass is 16.3. The van der Waals surface area contributed by atoms with E-state index < -0.39 is 6.10 Å². The summed E-state index contributed by atoms with van der Waals surface area (Å²) in [6.45, 7) is 5.84. The maximum atomic E-state index is 9.33. The molecule has 1 unspecified atom stereocenters. The molecule has 3 N–H and O–H groups in total. The number of nitrogen functional groups attached to an aromatic ring is 1. The second-order valence-electron chi connectivity index (χ2n) is 5.88. The Bertz CT molecular complexity index is 947. The number of hydrogen-bond acceptors (Lipinski definition) is 5. The Balaban J connectivity index is 2.24. The van der Waals surface area contributed by atoms with Crippen molar-refractivity contribution in [3.63, 3.8) is 0 Å². The van der Waals surface area contributed by atoms with Gasteiger partial charge < -0.3 is 15.4 Å². The van der Waals surface area contributed by atoms with Crippen LogP contribution in [0.5, 0.6) is 0 Å². The Morgan fingerprint density at radius 1 is 1.25 bits per heavy atom. The average Bonchev–Trinajstić information content (AvgIpc) is 2.92. The number of hydrogen-bond donors (Lipinski definition) is 2. The van der Waals surface area contributed by atoms with Gasteiger partial charge in [0, 0.05) is 29.4 Å². The molecular formula is C18H19N5O. The molecule has 0 aliphatic carbocycles. The lowest BCUT2D eigenvalue weighted by atomic mass is 10.1. The molecule has 0 saturated carbocycles. The number of aliphatic hydroxyl groups is 1. The van der Waals surface area contributed by atoms with Crippen LogP contribution in [0.15, 0.2) is 30.7 Å². The number of anilines is 1. The van der Waals surface area contributed by atoms with Gasteiger partial charge in [0.05, 0.1) is 17.4 Å². The molecule has 0 fully saturated rings. The quantitative estimate of drug-likeness (QED) is 0.707. The number of aromatic nitrogens is 4. The maximum absolute atomic E-state index is 9.33. The molecule has 122 valence electrons. The van der Waals surface area contributed by atoms with Crippen molar-refractivity contribution in [1.82, 2.24) is 19.5 Å². The predicted molar refractivity (Wildman–Crippen MR) is 94.1 cm³/mol. The highest BCUT2D eigenvalue weighted by Gasteiger charge is 2.14. The summed E-state index contributed by atoms with van der Waals surface area (Å²) < 4.78 is 2.14. The van der Waals surface area contributed by atoms with Gasteiger partial charge in [0.25, 0.3) is 0 Å². The third-order valence-electron chi connectivity index (χ3n) is 3.64. The Morgan fingerprint density at radius 2 is 2.04 bits per heavy atom. The van der Waals surface area contributed by atoms with E-state index in [9.17, 15) is 5.11 Å². The van der Waals surface area contributed by atoms with Gasteiger partial charge in [-0.3, -0.25) is 0 Å². The Kier molecular flexibility index (Phi) is 4.19. The summed E-state index contributed by atoms with van der Waals surface area (Å²) in [6.07, 6.45) is 4.80. The molecule has 0 bridgehead atoms. The molecule has 3 rings (SSSR count). The first-order valence-electron chi connectivity index (χ1n) is 7.75. The number of aliphatic hydroxyl groups excluding tert-OH is 1. The zero-order chi connectivity index (χ0) is 17.3. The van der Waals surface area contributed by atoms with Crippen molar-refractivity contribution in [2.45, 2.75) is 32.9 Å². The Morgan fingerprint density at radius 3 is 2.71 bits per heavy atom. The number of pyridine rings is 1. The Labute approximate surface area is 140 Å². The van der Waals surface area contributed by atoms with E-state index in [1.807, 2.05) is 18.3 Å². The van der Waals surface area contributed by atoms with Crippen LogP contribution in [0, 0.1) is 11.8 Å². The lowest BCUT2D eigenvalue weighted by Gasteiger charge is -2.08. The van der Waals surface area contributed by atoms with Gasteiger partial charge in [0.15, 0.2) is 0 Å². The van der Waals surface area contributed by atoms with E-state index in [1.165, 1.54) is 0 Å². The first-order chi connectivity index (χ1) is 11.5. The standard InChI is InChI=1S/C18H19N5O/c1-11(2)23-10-15(16-6-7-20-18(19)22-16)14-8-13(5-4-12(3)24)21-9-17(14)23/h6-12,24H,1-3H3,(H2,19,20,22). The van der Waals surface area contributed by atoms with Crippen molar-refractivity contribution < 1.29 is 5.11 Å². The molecule has 3 aromatic heterocycles. The normalized spacial score (nSPS) is 12.2. The number of nitrogens with zero attached hydrogens (tertiary/aromatic N) is 4. The van der Waals surface area contributed by atoms with Crippen LogP contribution < -0.4 is 5.73 Å². The first-order valence-corrected chi connectivity index (χ1v) is 7.75. The van der Waals surface area contributed by atoms with E-state index in [0.717, 1.165) is 22.2 Å². The zero-order valence-corrected chi connectivity index (χ0v) is 13.9. The van der Waals surface area contributed by atoms with E-state index in [0.29, 0.717) is 5.69 Å². The number of fused-ring (bicyclic) bond motifs is 1. The van der Waals surface area contributed by atoms with Gasteiger partial charge in [-0.25, -0.2) is 15.0 Å². The van der Waals surface area contributed by atoms with E-state index in [4.69, 9.17) is 5.73 Å². The monoisotopic (exact) mass is 321 g/mol. The third-order valence-corrected chi connectivity index (χ3v) is 3.64. The van der Waals surface area contributed by atoms with Gasteiger partial charge >= 0.3 is 0 Å². The molecule has 24 heavy (non-hydrogen) atoms. The maximum Gasteiger partial charge on any atom is 0.220 e. The second kappa shape index (κ2) is 6.30. The summed E-state index contributed by atoms with van der Waals surface area (Å²) in [7, 11) is 0. The Hall–Kier alpha value is -2.91. The summed E-state index contributed by atoms with van der Waals surface area (Å²) in [6, 6.07) is 4.02. The molecule has 0 aromatic carbocycles. The van der Waals surface area contributed by atoms with Crippen LogP contribution in [-0.2, 0) is 0 Å².